The van der Waals surface area contributed by atoms with Crippen LogP contribution in [0, 0.1) is 11.3 Å². The highest BCUT2D eigenvalue weighted by Gasteiger charge is 2.42. The number of alkyl halides is 2. The first-order chi connectivity index (χ1) is 14.7. The summed E-state index contributed by atoms with van der Waals surface area (Å²) in [7, 11) is 0. The number of nitrogens with zero attached hydrogens (tertiary/aromatic N) is 4. The topological polar surface area (TPSA) is 114 Å². The number of aromatic amines is 1. The zero-order valence-corrected chi connectivity index (χ0v) is 18.5. The summed E-state index contributed by atoms with van der Waals surface area (Å²) in [6.45, 7) is 5.30. The highest BCUT2D eigenvalue weighted by atomic mass is 32.2. The Hall–Kier alpha value is -2.37. The number of rotatable bonds is 8. The second-order valence-corrected chi connectivity index (χ2v) is 8.43. The van der Waals surface area contributed by atoms with E-state index in [1.165, 1.54) is 24.4 Å². The standard InChI is InChI=1S/C20H27F2N7OS/c1-12-13(9-27-31-3)20(2,30)6-7-29(12)18-8-15(25-11-26-18)16-10-24-17(28-16)5-4-14(23)19(21)22/h4-5,8,10-13,19,23,27,30H,6-7,9H2,1-3H3,(H,24,28)/b5-4-,23-14?. The Morgan fingerprint density at radius 1 is 1.48 bits per heavy atom. The summed E-state index contributed by atoms with van der Waals surface area (Å²) in [4.78, 5) is 18.1. The van der Waals surface area contributed by atoms with E-state index in [1.54, 1.807) is 6.20 Å². The van der Waals surface area contributed by atoms with E-state index in [0.29, 0.717) is 36.7 Å². The van der Waals surface area contributed by atoms with Gasteiger partial charge < -0.3 is 15.0 Å². The van der Waals surface area contributed by atoms with Crippen LogP contribution in [0.5, 0.6) is 0 Å². The van der Waals surface area contributed by atoms with Crippen LogP contribution < -0.4 is 9.62 Å². The third-order valence-electron chi connectivity index (χ3n) is 5.65. The van der Waals surface area contributed by atoms with Crippen LogP contribution in [0.2, 0.25) is 0 Å². The zero-order valence-electron chi connectivity index (χ0n) is 17.6. The maximum Gasteiger partial charge on any atom is 0.279 e. The highest BCUT2D eigenvalue weighted by molar-refractivity contribution is 7.96. The Bertz CT molecular complexity index is 934. The molecule has 0 bridgehead atoms. The lowest BCUT2D eigenvalue weighted by Gasteiger charge is -2.48. The van der Waals surface area contributed by atoms with E-state index >= 15 is 0 Å². The molecule has 1 fully saturated rings. The van der Waals surface area contributed by atoms with Crippen LogP contribution in [0.15, 0.2) is 24.7 Å². The van der Waals surface area contributed by atoms with Crippen LogP contribution in [0.1, 0.15) is 26.1 Å². The van der Waals surface area contributed by atoms with Gasteiger partial charge in [0, 0.05) is 31.1 Å². The molecule has 168 valence electrons. The molecular formula is C20H27F2N7OS. The van der Waals surface area contributed by atoms with Crippen LogP contribution >= 0.6 is 11.9 Å². The van der Waals surface area contributed by atoms with E-state index in [2.05, 4.69) is 36.5 Å². The summed E-state index contributed by atoms with van der Waals surface area (Å²) < 4.78 is 28.2. The molecule has 0 amide bonds. The fourth-order valence-electron chi connectivity index (χ4n) is 3.80. The van der Waals surface area contributed by atoms with Gasteiger partial charge in [0.1, 0.15) is 18.0 Å². The molecule has 0 aliphatic carbocycles. The molecule has 4 N–H and O–H groups in total. The summed E-state index contributed by atoms with van der Waals surface area (Å²) in [6, 6.07) is 1.89. The summed E-state index contributed by atoms with van der Waals surface area (Å²) >= 11 is 1.53. The number of nitrogens with one attached hydrogen (secondary N) is 3. The maximum absolute atomic E-state index is 12.4. The SMILES string of the molecule is CSNCC1C(C)N(c2cc(-c3cnc(/C=C\C(=N)C(F)F)[nH]3)ncn2)CCC1(C)O. The minimum Gasteiger partial charge on any atom is -0.390 e. The van der Waals surface area contributed by atoms with Crippen LogP contribution in [-0.2, 0) is 0 Å². The maximum atomic E-state index is 12.4. The molecule has 3 heterocycles. The Kier molecular flexibility index (Phi) is 7.39. The first kappa shape index (κ1) is 23.3. The molecule has 0 spiro atoms. The minimum atomic E-state index is -2.82. The van der Waals surface area contributed by atoms with E-state index in [0.717, 1.165) is 11.9 Å². The van der Waals surface area contributed by atoms with Crippen molar-refractivity contribution in [2.75, 3.05) is 24.2 Å². The predicted molar refractivity (Wildman–Crippen MR) is 119 cm³/mol. The van der Waals surface area contributed by atoms with Gasteiger partial charge in [-0.1, -0.05) is 11.9 Å². The van der Waals surface area contributed by atoms with Crippen LogP contribution in [-0.4, -0.2) is 68.2 Å². The number of imidazole rings is 1. The first-order valence-corrected chi connectivity index (χ1v) is 11.1. The quantitative estimate of drug-likeness (QED) is 0.360. The molecule has 3 atom stereocenters. The van der Waals surface area contributed by atoms with Gasteiger partial charge in [0.25, 0.3) is 6.43 Å². The average molecular weight is 452 g/mol. The number of H-pyrrole nitrogens is 1. The van der Waals surface area contributed by atoms with Gasteiger partial charge in [-0.3, -0.25) is 10.1 Å². The summed E-state index contributed by atoms with van der Waals surface area (Å²) in [5.41, 5.74) is -0.318. The van der Waals surface area contributed by atoms with E-state index < -0.39 is 17.7 Å². The predicted octanol–water partition coefficient (Wildman–Crippen LogP) is 3.00. The lowest BCUT2D eigenvalue weighted by Crippen LogP contribution is -2.58. The van der Waals surface area contributed by atoms with Gasteiger partial charge in [-0.15, -0.1) is 0 Å². The molecular weight excluding hydrogens is 424 g/mol. The fraction of sp³-hybridized carbons (Fsp3) is 0.500. The third-order valence-corrected chi connectivity index (χ3v) is 6.11. The molecule has 0 saturated carbocycles. The molecule has 1 aliphatic heterocycles. The van der Waals surface area contributed by atoms with Gasteiger partial charge in [0.05, 0.1) is 28.9 Å². The monoisotopic (exact) mass is 451 g/mol. The molecule has 0 aromatic carbocycles. The number of aromatic nitrogens is 4. The number of hydrogen-bond donors (Lipinski definition) is 4. The number of aliphatic hydroxyl groups is 1. The molecule has 3 unspecified atom stereocenters. The van der Waals surface area contributed by atoms with E-state index in [4.69, 9.17) is 5.41 Å². The molecule has 11 heteroatoms. The molecule has 2 aromatic heterocycles. The van der Waals surface area contributed by atoms with Crippen molar-refractivity contribution in [1.29, 1.82) is 5.41 Å². The van der Waals surface area contributed by atoms with Crippen LogP contribution in [0.4, 0.5) is 14.6 Å². The summed E-state index contributed by atoms with van der Waals surface area (Å²) in [5.74, 6) is 1.11. The van der Waals surface area contributed by atoms with E-state index in [1.807, 2.05) is 19.2 Å². The second kappa shape index (κ2) is 9.84. The number of allylic oxidation sites excluding steroid dienone is 1. The Labute approximate surface area is 184 Å². The van der Waals surface area contributed by atoms with E-state index in [-0.39, 0.29) is 12.0 Å². The largest absolute Gasteiger partial charge is 0.390 e. The van der Waals surface area contributed by atoms with Crippen LogP contribution in [0.3, 0.4) is 0 Å². The van der Waals surface area contributed by atoms with Gasteiger partial charge in [-0.05, 0) is 38.7 Å². The van der Waals surface area contributed by atoms with Crippen molar-refractivity contribution in [2.45, 2.75) is 38.3 Å². The van der Waals surface area contributed by atoms with Crippen molar-refractivity contribution in [3.8, 4) is 11.4 Å². The average Bonchev–Trinajstić information content (AvgIpc) is 3.21. The van der Waals surface area contributed by atoms with Crippen molar-refractivity contribution < 1.29 is 13.9 Å². The Balaban J connectivity index is 1.80. The Morgan fingerprint density at radius 2 is 2.26 bits per heavy atom. The number of halogens is 2. The van der Waals surface area contributed by atoms with Gasteiger partial charge in [0.2, 0.25) is 0 Å². The number of anilines is 1. The fourth-order valence-corrected chi connectivity index (χ4v) is 4.15. The summed E-state index contributed by atoms with van der Waals surface area (Å²) in [5, 5.41) is 18.0. The van der Waals surface area contributed by atoms with Gasteiger partial charge in [0.15, 0.2) is 0 Å². The molecule has 31 heavy (non-hydrogen) atoms. The van der Waals surface area contributed by atoms with Gasteiger partial charge in [-0.25, -0.2) is 23.7 Å². The Morgan fingerprint density at radius 3 is 2.97 bits per heavy atom. The normalized spacial score (nSPS) is 24.3. The smallest absolute Gasteiger partial charge is 0.279 e. The molecule has 1 saturated heterocycles. The van der Waals surface area contributed by atoms with E-state index in [9.17, 15) is 13.9 Å². The minimum absolute atomic E-state index is 0.0150. The van der Waals surface area contributed by atoms with Crippen molar-refractivity contribution in [3.05, 3.63) is 30.5 Å². The van der Waals surface area contributed by atoms with Gasteiger partial charge in [-0.2, -0.15) is 0 Å². The molecule has 0 radical (unpaired) electrons. The third kappa shape index (κ3) is 5.46. The molecule has 3 rings (SSSR count). The second-order valence-electron chi connectivity index (χ2n) is 7.73. The first-order valence-electron chi connectivity index (χ1n) is 9.90. The van der Waals surface area contributed by atoms with Crippen molar-refractivity contribution in [3.63, 3.8) is 0 Å². The molecule has 1 aliphatic rings. The van der Waals surface area contributed by atoms with Crippen molar-refractivity contribution >= 4 is 29.6 Å². The number of piperidine rings is 1. The lowest BCUT2D eigenvalue weighted by atomic mass is 9.77. The zero-order chi connectivity index (χ0) is 22.6. The molecule has 2 aromatic rings. The highest BCUT2D eigenvalue weighted by Crippen LogP contribution is 2.35. The van der Waals surface area contributed by atoms with Crippen molar-refractivity contribution in [2.24, 2.45) is 5.92 Å². The van der Waals surface area contributed by atoms with Crippen molar-refractivity contribution in [1.82, 2.24) is 24.7 Å². The van der Waals surface area contributed by atoms with Gasteiger partial charge >= 0.3 is 0 Å². The lowest BCUT2D eigenvalue weighted by molar-refractivity contribution is -0.0290. The number of hydrogen-bond acceptors (Lipinski definition) is 8. The van der Waals surface area contributed by atoms with Crippen LogP contribution in [0.25, 0.3) is 17.5 Å². The molecule has 8 nitrogen and oxygen atoms in total. The summed E-state index contributed by atoms with van der Waals surface area (Å²) in [6.07, 6.45) is 5.14.